The Labute approximate surface area is 142 Å². The lowest BCUT2D eigenvalue weighted by atomic mass is 10.3. The van der Waals surface area contributed by atoms with E-state index in [1.54, 1.807) is 24.5 Å². The molecule has 2 aromatic heterocycles. The highest BCUT2D eigenvalue weighted by Crippen LogP contribution is 2.27. The van der Waals surface area contributed by atoms with Crippen molar-refractivity contribution in [3.8, 4) is 11.5 Å². The normalized spacial score (nSPS) is 11.8. The van der Waals surface area contributed by atoms with Gasteiger partial charge < -0.3 is 8.98 Å². The second-order valence-electron chi connectivity index (χ2n) is 5.24. The molecule has 2 heterocycles. The summed E-state index contributed by atoms with van der Waals surface area (Å²) in [5.74, 6) is 0.770. The molecule has 3 aromatic rings. The average Bonchev–Trinajstić information content (AvgIpc) is 3.23. The minimum Gasteiger partial charge on any atom is -0.463 e. The Hall–Kier alpha value is -2.67. The van der Waals surface area contributed by atoms with Gasteiger partial charge in [-0.2, -0.15) is 0 Å². The summed E-state index contributed by atoms with van der Waals surface area (Å²) in [6.07, 6.45) is 3.68. The van der Waals surface area contributed by atoms with E-state index in [1.165, 1.54) is 17.4 Å². The number of aromatic nitrogens is 1. The van der Waals surface area contributed by atoms with Gasteiger partial charge >= 0.3 is 0 Å². The van der Waals surface area contributed by atoms with Crippen molar-refractivity contribution in [3.63, 3.8) is 0 Å². The number of benzene rings is 1. The molecule has 6 nitrogen and oxygen atoms in total. The number of thiazole rings is 1. The van der Waals surface area contributed by atoms with Crippen molar-refractivity contribution in [1.29, 1.82) is 0 Å². The zero-order chi connectivity index (χ0) is 16.9. The molecular formula is C17H17N3O3S. The molecule has 1 aromatic carbocycles. The van der Waals surface area contributed by atoms with Gasteiger partial charge in [0.2, 0.25) is 0 Å². The minimum absolute atomic E-state index is 0.00694. The summed E-state index contributed by atoms with van der Waals surface area (Å²) in [7, 11) is 0. The van der Waals surface area contributed by atoms with Gasteiger partial charge in [0.1, 0.15) is 5.69 Å². The first kappa shape index (κ1) is 16.2. The van der Waals surface area contributed by atoms with Crippen LogP contribution in [-0.2, 0) is 6.54 Å². The molecule has 0 N–H and O–H groups in total. The molecule has 0 bridgehead atoms. The van der Waals surface area contributed by atoms with Crippen LogP contribution in [0.4, 0.5) is 11.4 Å². The van der Waals surface area contributed by atoms with Gasteiger partial charge in [0, 0.05) is 18.0 Å². The fourth-order valence-electron chi connectivity index (χ4n) is 2.39. The third-order valence-corrected chi connectivity index (χ3v) is 4.46. The second-order valence-corrected chi connectivity index (χ2v) is 6.08. The Morgan fingerprint density at radius 3 is 2.83 bits per heavy atom. The third kappa shape index (κ3) is 3.30. The van der Waals surface area contributed by atoms with Gasteiger partial charge in [-0.05, 0) is 24.6 Å². The van der Waals surface area contributed by atoms with Crippen LogP contribution in [0, 0.1) is 10.1 Å². The first-order chi connectivity index (χ1) is 11.7. The average molecular weight is 343 g/mol. The van der Waals surface area contributed by atoms with E-state index in [4.69, 9.17) is 4.42 Å². The predicted octanol–water partition coefficient (Wildman–Crippen LogP) is 4.75. The summed E-state index contributed by atoms with van der Waals surface area (Å²) in [6, 6.07) is 10.3. The molecule has 3 rings (SSSR count). The number of unbranched alkanes of at least 4 members (excludes halogenated alkanes) is 1. The number of hydrogen-bond donors (Lipinski definition) is 0. The molecule has 0 fully saturated rings. The zero-order valence-electron chi connectivity index (χ0n) is 13.2. The van der Waals surface area contributed by atoms with Crippen molar-refractivity contribution >= 4 is 22.7 Å². The summed E-state index contributed by atoms with van der Waals surface area (Å²) < 4.78 is 7.56. The molecule has 0 amide bonds. The Morgan fingerprint density at radius 1 is 1.29 bits per heavy atom. The first-order valence-corrected chi connectivity index (χ1v) is 8.59. The molecule has 7 heteroatoms. The molecule has 0 saturated carbocycles. The number of rotatable bonds is 6. The topological polar surface area (TPSA) is 73.6 Å². The highest BCUT2D eigenvalue weighted by Gasteiger charge is 2.14. The van der Waals surface area contributed by atoms with Crippen molar-refractivity contribution < 1.29 is 9.34 Å². The molecule has 0 aliphatic carbocycles. The summed E-state index contributed by atoms with van der Waals surface area (Å²) in [5.41, 5.74) is 1.31. The van der Waals surface area contributed by atoms with Gasteiger partial charge in [-0.25, -0.2) is 4.99 Å². The van der Waals surface area contributed by atoms with Crippen LogP contribution in [0.3, 0.4) is 0 Å². The van der Waals surface area contributed by atoms with Gasteiger partial charge in [0.25, 0.3) is 5.69 Å². The quantitative estimate of drug-likeness (QED) is 0.479. The van der Waals surface area contributed by atoms with E-state index >= 15 is 0 Å². The van der Waals surface area contributed by atoms with Gasteiger partial charge in [0.15, 0.2) is 10.6 Å². The lowest BCUT2D eigenvalue weighted by Crippen LogP contribution is -2.15. The van der Waals surface area contributed by atoms with Gasteiger partial charge in [-0.15, -0.1) is 11.3 Å². The lowest BCUT2D eigenvalue weighted by Gasteiger charge is -2.06. The van der Waals surface area contributed by atoms with Crippen molar-refractivity contribution in [2.75, 3.05) is 0 Å². The van der Waals surface area contributed by atoms with E-state index < -0.39 is 4.92 Å². The van der Waals surface area contributed by atoms with Crippen LogP contribution in [0.1, 0.15) is 19.8 Å². The van der Waals surface area contributed by atoms with Crippen LogP contribution in [0.5, 0.6) is 0 Å². The molecule has 0 atom stereocenters. The highest BCUT2D eigenvalue weighted by molar-refractivity contribution is 7.07. The smallest absolute Gasteiger partial charge is 0.294 e. The molecular weight excluding hydrogens is 326 g/mol. The molecule has 24 heavy (non-hydrogen) atoms. The van der Waals surface area contributed by atoms with Crippen molar-refractivity contribution in [2.24, 2.45) is 4.99 Å². The van der Waals surface area contributed by atoms with Crippen LogP contribution in [0.15, 0.2) is 57.5 Å². The number of nitro groups is 1. The van der Waals surface area contributed by atoms with Crippen LogP contribution in [-0.4, -0.2) is 9.49 Å². The van der Waals surface area contributed by atoms with Gasteiger partial charge in [-0.1, -0.05) is 25.5 Å². The standard InChI is InChI=1S/C17H17N3O3S/c1-2-3-10-19-15(16-9-6-11-23-16)12-24-17(19)18-13-7-4-5-8-14(13)20(21)22/h4-9,11-12H,2-3,10H2,1H3. The summed E-state index contributed by atoms with van der Waals surface area (Å²) in [5, 5.41) is 13.2. The van der Waals surface area contributed by atoms with Crippen molar-refractivity contribution in [1.82, 2.24) is 4.57 Å². The number of nitrogens with zero attached hydrogens (tertiary/aromatic N) is 3. The second kappa shape index (κ2) is 7.27. The third-order valence-electron chi connectivity index (χ3n) is 3.60. The maximum absolute atomic E-state index is 11.2. The monoisotopic (exact) mass is 343 g/mol. The fraction of sp³-hybridized carbons (Fsp3) is 0.235. The zero-order valence-corrected chi connectivity index (χ0v) is 14.0. The molecule has 124 valence electrons. The van der Waals surface area contributed by atoms with Gasteiger partial charge in [-0.3, -0.25) is 10.1 Å². The fourth-order valence-corrected chi connectivity index (χ4v) is 3.32. The molecule has 0 aliphatic rings. The van der Waals surface area contributed by atoms with E-state index in [1.807, 2.05) is 17.5 Å². The van der Waals surface area contributed by atoms with Crippen molar-refractivity contribution in [3.05, 3.63) is 63.0 Å². The van der Waals surface area contributed by atoms with Crippen LogP contribution >= 0.6 is 11.3 Å². The Balaban J connectivity index is 2.13. The minimum atomic E-state index is -0.406. The maximum atomic E-state index is 11.2. The molecule has 0 radical (unpaired) electrons. The summed E-state index contributed by atoms with van der Waals surface area (Å²) in [6.45, 7) is 2.91. The van der Waals surface area contributed by atoms with Crippen LogP contribution in [0.2, 0.25) is 0 Å². The number of hydrogen-bond acceptors (Lipinski definition) is 5. The molecule has 0 saturated heterocycles. The Bertz CT molecular complexity index is 894. The lowest BCUT2D eigenvalue weighted by molar-refractivity contribution is -0.384. The molecule has 0 unspecified atom stereocenters. The molecule has 0 spiro atoms. The Morgan fingerprint density at radius 2 is 2.12 bits per heavy atom. The molecule has 0 aliphatic heterocycles. The number of furan rings is 1. The Kier molecular flexibility index (Phi) is 4.90. The predicted molar refractivity (Wildman–Crippen MR) is 93.2 cm³/mol. The van der Waals surface area contributed by atoms with E-state index in [9.17, 15) is 10.1 Å². The van der Waals surface area contributed by atoms with E-state index in [-0.39, 0.29) is 5.69 Å². The van der Waals surface area contributed by atoms with Crippen LogP contribution in [0.25, 0.3) is 11.5 Å². The van der Waals surface area contributed by atoms with Crippen molar-refractivity contribution in [2.45, 2.75) is 26.3 Å². The summed E-state index contributed by atoms with van der Waals surface area (Å²) >= 11 is 1.45. The SMILES string of the molecule is CCCCn1c(-c2ccco2)csc1=Nc1ccccc1[N+](=O)[O-]. The largest absolute Gasteiger partial charge is 0.463 e. The van der Waals surface area contributed by atoms with E-state index in [0.717, 1.165) is 35.6 Å². The summed E-state index contributed by atoms with van der Waals surface area (Å²) in [4.78, 5) is 16.1. The maximum Gasteiger partial charge on any atom is 0.294 e. The highest BCUT2D eigenvalue weighted by atomic mass is 32.1. The van der Waals surface area contributed by atoms with E-state index in [2.05, 4.69) is 16.5 Å². The number of nitro benzene ring substituents is 1. The van der Waals surface area contributed by atoms with Crippen LogP contribution < -0.4 is 4.80 Å². The number of para-hydroxylation sites is 2. The first-order valence-electron chi connectivity index (χ1n) is 7.71. The van der Waals surface area contributed by atoms with Gasteiger partial charge in [0.05, 0.1) is 16.9 Å². The van der Waals surface area contributed by atoms with E-state index in [0.29, 0.717) is 5.69 Å².